The van der Waals surface area contributed by atoms with E-state index in [1.807, 2.05) is 6.92 Å². The lowest BCUT2D eigenvalue weighted by Crippen LogP contribution is -2.58. The van der Waals surface area contributed by atoms with Crippen LogP contribution in [0.1, 0.15) is 33.6 Å². The van der Waals surface area contributed by atoms with Gasteiger partial charge in [0, 0.05) is 13.1 Å². The van der Waals surface area contributed by atoms with Gasteiger partial charge in [-0.2, -0.15) is 0 Å². The van der Waals surface area contributed by atoms with Crippen molar-refractivity contribution in [2.24, 2.45) is 5.92 Å². The zero-order valence-corrected chi connectivity index (χ0v) is 11.1. The van der Waals surface area contributed by atoms with Crippen molar-refractivity contribution in [2.45, 2.75) is 45.3 Å². The molecule has 1 rings (SSSR count). The lowest BCUT2D eigenvalue weighted by Gasteiger charge is -2.36. The Kier molecular flexibility index (Phi) is 4.56. The molecule has 0 aromatic rings. The summed E-state index contributed by atoms with van der Waals surface area (Å²) < 4.78 is 0. The third-order valence-corrected chi connectivity index (χ3v) is 3.71. The fraction of sp³-hybridized carbons (Fsp3) is 0.833. The molecule has 104 valence electrons. The zero-order valence-electron chi connectivity index (χ0n) is 11.1. The SMILES string of the molecule is CCC(C)(NC(=O)N1CCC(O)C(C)C1)C(=O)O. The number of rotatable bonds is 3. The Morgan fingerprint density at radius 3 is 2.56 bits per heavy atom. The fourth-order valence-electron chi connectivity index (χ4n) is 1.93. The summed E-state index contributed by atoms with van der Waals surface area (Å²) in [4.78, 5) is 24.7. The molecule has 0 aromatic carbocycles. The lowest BCUT2D eigenvalue weighted by atomic mass is 9.96. The van der Waals surface area contributed by atoms with Crippen molar-refractivity contribution >= 4 is 12.0 Å². The molecule has 1 heterocycles. The number of nitrogens with one attached hydrogen (secondary N) is 1. The Morgan fingerprint density at radius 1 is 1.50 bits per heavy atom. The van der Waals surface area contributed by atoms with Crippen LogP contribution in [0.25, 0.3) is 0 Å². The summed E-state index contributed by atoms with van der Waals surface area (Å²) in [5.41, 5.74) is -1.24. The van der Waals surface area contributed by atoms with Crippen molar-refractivity contribution in [2.75, 3.05) is 13.1 Å². The van der Waals surface area contributed by atoms with Gasteiger partial charge in [0.15, 0.2) is 0 Å². The van der Waals surface area contributed by atoms with Crippen molar-refractivity contribution in [3.8, 4) is 0 Å². The fourth-order valence-corrected chi connectivity index (χ4v) is 1.93. The highest BCUT2D eigenvalue weighted by Crippen LogP contribution is 2.18. The maximum Gasteiger partial charge on any atom is 0.329 e. The van der Waals surface area contributed by atoms with Crippen molar-refractivity contribution < 1.29 is 19.8 Å². The quantitative estimate of drug-likeness (QED) is 0.693. The average molecular weight is 258 g/mol. The number of likely N-dealkylation sites (tertiary alicyclic amines) is 1. The molecule has 6 nitrogen and oxygen atoms in total. The van der Waals surface area contributed by atoms with Gasteiger partial charge in [0.1, 0.15) is 5.54 Å². The summed E-state index contributed by atoms with van der Waals surface area (Å²) in [6.07, 6.45) is 0.469. The van der Waals surface area contributed by atoms with Gasteiger partial charge in [-0.15, -0.1) is 0 Å². The minimum atomic E-state index is -1.24. The third kappa shape index (κ3) is 3.13. The monoisotopic (exact) mass is 258 g/mol. The predicted molar refractivity (Wildman–Crippen MR) is 66.2 cm³/mol. The molecule has 18 heavy (non-hydrogen) atoms. The molecule has 3 N–H and O–H groups in total. The summed E-state index contributed by atoms with van der Waals surface area (Å²) in [6, 6.07) is -0.375. The van der Waals surface area contributed by atoms with Crippen molar-refractivity contribution in [3.63, 3.8) is 0 Å². The Balaban J connectivity index is 2.63. The second kappa shape index (κ2) is 5.56. The van der Waals surface area contributed by atoms with Gasteiger partial charge in [-0.05, 0) is 25.7 Å². The Bertz CT molecular complexity index is 334. The highest BCUT2D eigenvalue weighted by molar-refractivity contribution is 5.85. The van der Waals surface area contributed by atoms with E-state index in [2.05, 4.69) is 5.32 Å². The highest BCUT2D eigenvalue weighted by atomic mass is 16.4. The molecule has 2 amide bonds. The largest absolute Gasteiger partial charge is 0.480 e. The summed E-state index contributed by atoms with van der Waals surface area (Å²) in [5.74, 6) is -1.02. The molecule has 0 radical (unpaired) electrons. The Hall–Kier alpha value is -1.30. The molecule has 0 saturated carbocycles. The number of aliphatic hydroxyl groups is 1. The third-order valence-electron chi connectivity index (χ3n) is 3.71. The number of aliphatic hydroxyl groups excluding tert-OH is 1. The van der Waals surface area contributed by atoms with Gasteiger partial charge < -0.3 is 20.4 Å². The van der Waals surface area contributed by atoms with Crippen LogP contribution in [-0.2, 0) is 4.79 Å². The van der Waals surface area contributed by atoms with Gasteiger partial charge in [-0.1, -0.05) is 13.8 Å². The van der Waals surface area contributed by atoms with Crippen LogP contribution in [0.15, 0.2) is 0 Å². The van der Waals surface area contributed by atoms with E-state index in [0.29, 0.717) is 25.9 Å². The summed E-state index contributed by atoms with van der Waals surface area (Å²) in [5, 5.41) is 21.2. The number of carboxylic acid groups (broad SMARTS) is 1. The number of hydrogen-bond donors (Lipinski definition) is 3. The highest BCUT2D eigenvalue weighted by Gasteiger charge is 2.35. The molecule has 0 aliphatic carbocycles. The van der Waals surface area contributed by atoms with Crippen molar-refractivity contribution in [1.29, 1.82) is 0 Å². The van der Waals surface area contributed by atoms with E-state index < -0.39 is 11.5 Å². The molecule has 0 aromatic heterocycles. The molecule has 0 bridgehead atoms. The van der Waals surface area contributed by atoms with Crippen molar-refractivity contribution in [1.82, 2.24) is 10.2 Å². The van der Waals surface area contributed by atoms with E-state index in [1.54, 1.807) is 11.8 Å². The average Bonchev–Trinajstić information content (AvgIpc) is 2.32. The number of amides is 2. The molecule has 3 atom stereocenters. The van der Waals surface area contributed by atoms with Crippen LogP contribution in [0.5, 0.6) is 0 Å². The molecule has 1 fully saturated rings. The zero-order chi connectivity index (χ0) is 13.9. The molecule has 0 spiro atoms. The standard InChI is InChI=1S/C12H22N2O4/c1-4-12(3,10(16)17)13-11(18)14-6-5-9(15)8(2)7-14/h8-9,15H,4-7H2,1-3H3,(H,13,18)(H,16,17). The summed E-state index contributed by atoms with van der Waals surface area (Å²) >= 11 is 0. The van der Waals surface area contributed by atoms with Crippen LogP contribution in [0.2, 0.25) is 0 Å². The first-order valence-electron chi connectivity index (χ1n) is 6.28. The van der Waals surface area contributed by atoms with Gasteiger partial charge in [-0.3, -0.25) is 0 Å². The van der Waals surface area contributed by atoms with Crippen molar-refractivity contribution in [3.05, 3.63) is 0 Å². The number of aliphatic carboxylic acids is 1. The first kappa shape index (κ1) is 14.8. The maximum atomic E-state index is 12.0. The number of nitrogens with zero attached hydrogens (tertiary/aromatic N) is 1. The lowest BCUT2D eigenvalue weighted by molar-refractivity contribution is -0.143. The molecule has 1 aliphatic heterocycles. The van der Waals surface area contributed by atoms with Crippen LogP contribution >= 0.6 is 0 Å². The van der Waals surface area contributed by atoms with Crippen LogP contribution < -0.4 is 5.32 Å². The molecular weight excluding hydrogens is 236 g/mol. The van der Waals surface area contributed by atoms with E-state index in [-0.39, 0.29) is 18.1 Å². The van der Waals surface area contributed by atoms with Gasteiger partial charge in [0.25, 0.3) is 0 Å². The Labute approximate surface area is 107 Å². The molecule has 1 aliphatic rings. The maximum absolute atomic E-state index is 12.0. The summed E-state index contributed by atoms with van der Waals surface area (Å²) in [6.45, 7) is 6.00. The second-order valence-corrected chi connectivity index (χ2v) is 5.20. The molecular formula is C12H22N2O4. The number of hydrogen-bond acceptors (Lipinski definition) is 3. The van der Waals surface area contributed by atoms with Gasteiger partial charge in [0.2, 0.25) is 0 Å². The van der Waals surface area contributed by atoms with Crippen LogP contribution in [-0.4, -0.2) is 51.8 Å². The minimum absolute atomic E-state index is 0.0159. The number of carbonyl (C=O) groups excluding carboxylic acids is 1. The van der Waals surface area contributed by atoms with E-state index in [4.69, 9.17) is 5.11 Å². The molecule has 1 saturated heterocycles. The van der Waals surface area contributed by atoms with Gasteiger partial charge in [-0.25, -0.2) is 9.59 Å². The number of piperidine rings is 1. The van der Waals surface area contributed by atoms with Crippen LogP contribution in [0, 0.1) is 5.92 Å². The topological polar surface area (TPSA) is 89.9 Å². The van der Waals surface area contributed by atoms with Crippen LogP contribution in [0.3, 0.4) is 0 Å². The first-order chi connectivity index (χ1) is 8.30. The number of carbonyl (C=O) groups is 2. The van der Waals surface area contributed by atoms with E-state index >= 15 is 0 Å². The number of carboxylic acids is 1. The molecule has 3 unspecified atom stereocenters. The first-order valence-corrected chi connectivity index (χ1v) is 6.28. The van der Waals surface area contributed by atoms with Gasteiger partial charge >= 0.3 is 12.0 Å². The van der Waals surface area contributed by atoms with Crippen LogP contribution in [0.4, 0.5) is 4.79 Å². The smallest absolute Gasteiger partial charge is 0.329 e. The summed E-state index contributed by atoms with van der Waals surface area (Å²) in [7, 11) is 0. The number of urea groups is 1. The minimum Gasteiger partial charge on any atom is -0.480 e. The van der Waals surface area contributed by atoms with Gasteiger partial charge in [0.05, 0.1) is 6.10 Å². The van der Waals surface area contributed by atoms with E-state index in [1.165, 1.54) is 6.92 Å². The normalized spacial score (nSPS) is 27.4. The molecule has 6 heteroatoms. The second-order valence-electron chi connectivity index (χ2n) is 5.20. The van der Waals surface area contributed by atoms with E-state index in [9.17, 15) is 14.7 Å². The Morgan fingerprint density at radius 2 is 2.11 bits per heavy atom. The predicted octanol–water partition coefficient (Wildman–Crippen LogP) is 0.652. The van der Waals surface area contributed by atoms with E-state index in [0.717, 1.165) is 0 Å².